The molecule has 13 heavy (non-hydrogen) atoms. The summed E-state index contributed by atoms with van der Waals surface area (Å²) in [5.74, 6) is 0. The minimum absolute atomic E-state index is 0.496. The van der Waals surface area contributed by atoms with Gasteiger partial charge >= 0.3 is 0 Å². The normalized spacial score (nSPS) is 15.6. The summed E-state index contributed by atoms with van der Waals surface area (Å²) in [6.07, 6.45) is 7.16. The van der Waals surface area contributed by atoms with E-state index in [1.54, 1.807) is 0 Å². The molecule has 0 saturated heterocycles. The van der Waals surface area contributed by atoms with Gasteiger partial charge in [0.2, 0.25) is 0 Å². The molecule has 0 aromatic rings. The predicted octanol–water partition coefficient (Wildman–Crippen LogP) is 2.54. The zero-order valence-corrected chi connectivity index (χ0v) is 9.95. The molecule has 0 amide bonds. The van der Waals surface area contributed by atoms with Gasteiger partial charge in [0, 0.05) is 0 Å². The summed E-state index contributed by atoms with van der Waals surface area (Å²) in [5.41, 5.74) is 5.16. The molecule has 0 fully saturated rings. The van der Waals surface area contributed by atoms with Crippen LogP contribution in [0.15, 0.2) is 0 Å². The minimum atomic E-state index is -2.89. The quantitative estimate of drug-likeness (QED) is 0.492. The fourth-order valence-electron chi connectivity index (χ4n) is 1.08. The molecule has 0 spiro atoms. The summed E-state index contributed by atoms with van der Waals surface area (Å²) in [6.45, 7) is -0.204. The topological polar surface area (TPSA) is 55.5 Å². The van der Waals surface area contributed by atoms with Crippen molar-refractivity contribution in [3.8, 4) is 0 Å². The third-order valence-electron chi connectivity index (χ3n) is 1.77. The van der Waals surface area contributed by atoms with E-state index in [4.69, 9.17) is 14.9 Å². The molecule has 1 unspecified atom stereocenters. The maximum atomic E-state index is 8.94. The summed E-state index contributed by atoms with van der Waals surface area (Å²) in [5, 5.41) is 0. The molecule has 3 N–H and O–H groups in total. The predicted molar refractivity (Wildman–Crippen MR) is 60.0 cm³/mol. The van der Waals surface area contributed by atoms with Crippen molar-refractivity contribution < 1.29 is 9.42 Å². The Morgan fingerprint density at radius 2 is 1.77 bits per heavy atom. The molecule has 0 aliphatic carbocycles. The van der Waals surface area contributed by atoms with Crippen molar-refractivity contribution in [2.45, 2.75) is 45.4 Å². The van der Waals surface area contributed by atoms with Crippen molar-refractivity contribution in [3.05, 3.63) is 0 Å². The molecule has 0 heterocycles. The second-order valence-electron chi connectivity index (χ2n) is 3.17. The molecule has 0 saturated carbocycles. The van der Waals surface area contributed by atoms with E-state index >= 15 is 0 Å². The van der Waals surface area contributed by atoms with Gasteiger partial charge in [0.05, 0.1) is 6.61 Å². The first-order valence-corrected chi connectivity index (χ1v) is 7.56. The lowest BCUT2D eigenvalue weighted by Crippen LogP contribution is -1.99. The third-order valence-corrected chi connectivity index (χ3v) is 2.64. The van der Waals surface area contributed by atoms with Crippen LogP contribution in [-0.4, -0.2) is 11.5 Å². The Kier molecular flexibility index (Phi) is 8.21. The van der Waals surface area contributed by atoms with Crippen molar-refractivity contribution in [1.82, 2.24) is 0 Å². The van der Waals surface area contributed by atoms with Gasteiger partial charge < -0.3 is 9.42 Å². The Balaban J connectivity index is 3.04. The van der Waals surface area contributed by atoms with Gasteiger partial charge in [-0.1, -0.05) is 39.0 Å². The maximum Gasteiger partial charge on any atom is 0.255 e. The van der Waals surface area contributed by atoms with Crippen LogP contribution in [-0.2, 0) is 16.3 Å². The molecule has 0 radical (unpaired) electrons. The van der Waals surface area contributed by atoms with E-state index in [9.17, 15) is 0 Å². The van der Waals surface area contributed by atoms with E-state index in [1.807, 2.05) is 0 Å². The van der Waals surface area contributed by atoms with E-state index in [1.165, 1.54) is 25.7 Å². The Bertz CT molecular complexity index is 160. The Labute approximate surface area is 85.9 Å². The maximum absolute atomic E-state index is 8.94. The Morgan fingerprint density at radius 1 is 1.23 bits per heavy atom. The first kappa shape index (κ1) is 13.5. The van der Waals surface area contributed by atoms with Gasteiger partial charge in [-0.2, -0.15) is 0 Å². The van der Waals surface area contributed by atoms with Crippen LogP contribution >= 0.6 is 6.64 Å². The lowest BCUT2D eigenvalue weighted by Gasteiger charge is -2.08. The number of hydrogen-bond donors (Lipinski definition) is 2. The minimum Gasteiger partial charge on any atom is -0.334 e. The molecular weight excluding hydrogens is 205 g/mol. The highest BCUT2D eigenvalue weighted by molar-refractivity contribution is 8.08. The van der Waals surface area contributed by atoms with Gasteiger partial charge in [-0.15, -0.1) is 0 Å². The molecule has 0 aliphatic rings. The van der Waals surface area contributed by atoms with Crippen LogP contribution in [0.1, 0.15) is 45.4 Å². The molecule has 0 bridgehead atoms. The van der Waals surface area contributed by atoms with Gasteiger partial charge in [-0.05, 0) is 18.2 Å². The molecule has 0 aliphatic heterocycles. The summed E-state index contributed by atoms with van der Waals surface area (Å²) >= 11 is 4.53. The van der Waals surface area contributed by atoms with Crippen molar-refractivity contribution in [2.75, 3.05) is 6.61 Å². The Morgan fingerprint density at radius 3 is 2.31 bits per heavy atom. The van der Waals surface area contributed by atoms with Crippen molar-refractivity contribution >= 4 is 18.4 Å². The number of unbranched alkanes of at least 4 members (excludes halogenated alkanes) is 5. The summed E-state index contributed by atoms with van der Waals surface area (Å²) in [6, 6.07) is 0. The first-order chi connectivity index (χ1) is 6.06. The smallest absolute Gasteiger partial charge is 0.255 e. The van der Waals surface area contributed by atoms with Gasteiger partial charge in [-0.25, -0.2) is 0 Å². The molecule has 80 valence electrons. The molecule has 0 aromatic heterocycles. The van der Waals surface area contributed by atoms with E-state index in [2.05, 4.69) is 18.7 Å². The second-order valence-corrected chi connectivity index (χ2v) is 6.12. The fraction of sp³-hybridized carbons (Fsp3) is 1.00. The van der Waals surface area contributed by atoms with Crippen LogP contribution in [0.5, 0.6) is 0 Å². The molecule has 5 heteroatoms. The van der Waals surface area contributed by atoms with Crippen LogP contribution in [0.3, 0.4) is 0 Å². The van der Waals surface area contributed by atoms with Crippen LogP contribution in [0.25, 0.3) is 0 Å². The van der Waals surface area contributed by atoms with Gasteiger partial charge in [0.1, 0.15) is 0 Å². The van der Waals surface area contributed by atoms with Crippen molar-refractivity contribution in [3.63, 3.8) is 0 Å². The number of hydrogen-bond acceptors (Lipinski definition) is 2. The van der Waals surface area contributed by atoms with Crippen LogP contribution in [0.2, 0.25) is 0 Å². The van der Waals surface area contributed by atoms with Crippen molar-refractivity contribution in [2.24, 2.45) is 5.50 Å². The number of nitrogens with two attached hydrogens (primary N) is 1. The molecule has 1 atom stereocenters. The van der Waals surface area contributed by atoms with Crippen LogP contribution < -0.4 is 5.50 Å². The highest BCUT2D eigenvalue weighted by atomic mass is 32.5. The Hall–Kier alpha value is 0.530. The highest BCUT2D eigenvalue weighted by Crippen LogP contribution is 2.31. The van der Waals surface area contributed by atoms with Crippen LogP contribution in [0, 0.1) is 0 Å². The van der Waals surface area contributed by atoms with E-state index < -0.39 is 6.64 Å². The summed E-state index contributed by atoms with van der Waals surface area (Å²) < 4.78 is 4.90. The standard InChI is InChI=1S/C8H20NO2PS/c1-2-3-4-5-6-7-8-11-12(9,10)13/h2-8H2,1H3,(H3,9,10,13). The molecule has 0 rings (SSSR count). The van der Waals surface area contributed by atoms with Gasteiger partial charge in [0.25, 0.3) is 6.64 Å². The second kappa shape index (κ2) is 7.89. The largest absolute Gasteiger partial charge is 0.334 e. The average molecular weight is 225 g/mol. The molecular formula is C8H20NO2PS. The lowest BCUT2D eigenvalue weighted by molar-refractivity contribution is 0.296. The van der Waals surface area contributed by atoms with E-state index in [0.29, 0.717) is 6.61 Å². The summed E-state index contributed by atoms with van der Waals surface area (Å²) in [4.78, 5) is 8.94. The third kappa shape index (κ3) is 12.5. The van der Waals surface area contributed by atoms with Gasteiger partial charge in [0.15, 0.2) is 0 Å². The first-order valence-electron chi connectivity index (χ1n) is 4.82. The molecule has 3 nitrogen and oxygen atoms in total. The molecule has 0 aromatic carbocycles. The monoisotopic (exact) mass is 225 g/mol. The van der Waals surface area contributed by atoms with Crippen LogP contribution in [0.4, 0.5) is 0 Å². The lowest BCUT2D eigenvalue weighted by atomic mass is 10.1. The zero-order valence-electron chi connectivity index (χ0n) is 8.24. The average Bonchev–Trinajstić information content (AvgIpc) is 2.01. The van der Waals surface area contributed by atoms with E-state index in [-0.39, 0.29) is 0 Å². The fourth-order valence-corrected chi connectivity index (χ4v) is 1.69. The van der Waals surface area contributed by atoms with Crippen molar-refractivity contribution in [1.29, 1.82) is 0 Å². The van der Waals surface area contributed by atoms with E-state index in [0.717, 1.165) is 12.8 Å². The summed E-state index contributed by atoms with van der Waals surface area (Å²) in [7, 11) is 0. The SMILES string of the molecule is CCCCCCCCOP(N)(O)=S. The highest BCUT2D eigenvalue weighted by Gasteiger charge is 2.03. The zero-order chi connectivity index (χ0) is 10.2. The van der Waals surface area contributed by atoms with Gasteiger partial charge in [-0.3, -0.25) is 5.50 Å². The number of rotatable bonds is 8.